The van der Waals surface area contributed by atoms with E-state index in [1.165, 1.54) is 4.88 Å². The van der Waals surface area contributed by atoms with Crippen LogP contribution in [0.15, 0.2) is 40.2 Å². The maximum atomic E-state index is 5.77. The van der Waals surface area contributed by atoms with E-state index in [2.05, 4.69) is 38.3 Å². The second kappa shape index (κ2) is 5.82. The van der Waals surface area contributed by atoms with Gasteiger partial charge in [-0.2, -0.15) is 0 Å². The van der Waals surface area contributed by atoms with Crippen LogP contribution >= 0.6 is 39.5 Å². The number of benzene rings is 1. The molecule has 5 heteroatoms. The highest BCUT2D eigenvalue weighted by Crippen LogP contribution is 2.26. The Bertz CT molecular complexity index is 552. The van der Waals surface area contributed by atoms with Crippen molar-refractivity contribution >= 4 is 50.2 Å². The molecule has 94 valence electrons. The molecule has 0 amide bonds. The first kappa shape index (κ1) is 13.5. The van der Waals surface area contributed by atoms with Crippen molar-refractivity contribution < 1.29 is 0 Å². The zero-order valence-electron chi connectivity index (χ0n) is 9.89. The van der Waals surface area contributed by atoms with E-state index in [1.807, 2.05) is 25.2 Å². The molecule has 2 rings (SSSR count). The Balaban J connectivity index is 2.31. The van der Waals surface area contributed by atoms with Gasteiger partial charge in [-0.15, -0.1) is 11.3 Å². The third kappa shape index (κ3) is 3.10. The van der Waals surface area contributed by atoms with Gasteiger partial charge in [0.25, 0.3) is 0 Å². The van der Waals surface area contributed by atoms with Gasteiger partial charge < -0.3 is 10.6 Å². The van der Waals surface area contributed by atoms with E-state index in [1.54, 1.807) is 11.3 Å². The smallest absolute Gasteiger partial charge is 0.106 e. The summed E-state index contributed by atoms with van der Waals surface area (Å²) < 4.78 is 1.02. The lowest BCUT2D eigenvalue weighted by Crippen LogP contribution is -2.21. The number of thiophene rings is 1. The van der Waals surface area contributed by atoms with E-state index < -0.39 is 0 Å². The molecule has 0 bridgehead atoms. The molecule has 2 nitrogen and oxygen atoms in total. The van der Waals surface area contributed by atoms with Crippen LogP contribution in [0.1, 0.15) is 10.4 Å². The van der Waals surface area contributed by atoms with Crippen LogP contribution in [0.3, 0.4) is 0 Å². The van der Waals surface area contributed by atoms with E-state index in [4.69, 9.17) is 18.0 Å². The van der Waals surface area contributed by atoms with Crippen molar-refractivity contribution in [2.45, 2.75) is 6.54 Å². The summed E-state index contributed by atoms with van der Waals surface area (Å²) >= 11 is 10.3. The van der Waals surface area contributed by atoms with Crippen molar-refractivity contribution in [2.24, 2.45) is 5.73 Å². The van der Waals surface area contributed by atoms with Crippen molar-refractivity contribution in [3.63, 3.8) is 0 Å². The molecule has 1 heterocycles. The fourth-order valence-electron chi connectivity index (χ4n) is 1.75. The molecule has 0 saturated carbocycles. The standard InChI is InChI=1S/C13H13BrN2S2/c1-16(8-10-3-2-6-18-10)12-7-9(14)4-5-11(12)13(15)17/h2-7H,8H2,1H3,(H2,15,17). The van der Waals surface area contributed by atoms with Crippen molar-refractivity contribution in [1.82, 2.24) is 0 Å². The van der Waals surface area contributed by atoms with Crippen molar-refractivity contribution in [3.05, 3.63) is 50.6 Å². The van der Waals surface area contributed by atoms with Crippen molar-refractivity contribution in [2.75, 3.05) is 11.9 Å². The molecule has 0 aliphatic rings. The lowest BCUT2D eigenvalue weighted by atomic mass is 10.1. The highest BCUT2D eigenvalue weighted by Gasteiger charge is 2.11. The molecule has 0 fully saturated rings. The molecule has 2 aromatic rings. The first-order valence-electron chi connectivity index (χ1n) is 5.41. The number of nitrogens with two attached hydrogens (primary N) is 1. The van der Waals surface area contributed by atoms with Gasteiger partial charge in [-0.3, -0.25) is 0 Å². The summed E-state index contributed by atoms with van der Waals surface area (Å²) in [5.41, 5.74) is 7.72. The summed E-state index contributed by atoms with van der Waals surface area (Å²) in [4.78, 5) is 3.90. The van der Waals surface area contributed by atoms with Gasteiger partial charge >= 0.3 is 0 Å². The largest absolute Gasteiger partial charge is 0.389 e. The summed E-state index contributed by atoms with van der Waals surface area (Å²) in [5, 5.41) is 2.08. The Morgan fingerprint density at radius 3 is 2.83 bits per heavy atom. The Morgan fingerprint density at radius 1 is 1.44 bits per heavy atom. The summed E-state index contributed by atoms with van der Waals surface area (Å²) in [6, 6.07) is 10.1. The number of nitrogens with zero attached hydrogens (tertiary/aromatic N) is 1. The molecule has 0 aliphatic carbocycles. The third-order valence-corrected chi connectivity index (χ3v) is 4.18. The van der Waals surface area contributed by atoms with Crippen molar-refractivity contribution in [3.8, 4) is 0 Å². The van der Waals surface area contributed by atoms with Crippen LogP contribution in [0.25, 0.3) is 0 Å². The van der Waals surface area contributed by atoms with Gasteiger partial charge in [0.05, 0.1) is 6.54 Å². The van der Waals surface area contributed by atoms with E-state index >= 15 is 0 Å². The van der Waals surface area contributed by atoms with Gasteiger partial charge in [0.2, 0.25) is 0 Å². The fraction of sp³-hybridized carbons (Fsp3) is 0.154. The van der Waals surface area contributed by atoms with Gasteiger partial charge in [0.1, 0.15) is 4.99 Å². The number of rotatable bonds is 4. The molecule has 18 heavy (non-hydrogen) atoms. The molecule has 0 radical (unpaired) electrons. The highest BCUT2D eigenvalue weighted by atomic mass is 79.9. The Kier molecular flexibility index (Phi) is 4.37. The van der Waals surface area contributed by atoms with E-state index in [-0.39, 0.29) is 0 Å². The summed E-state index contributed by atoms with van der Waals surface area (Å²) in [7, 11) is 2.04. The maximum absolute atomic E-state index is 5.77. The van der Waals surface area contributed by atoms with Gasteiger partial charge in [-0.05, 0) is 29.6 Å². The average Bonchev–Trinajstić information content (AvgIpc) is 2.81. The molecule has 0 aliphatic heterocycles. The van der Waals surface area contributed by atoms with E-state index in [9.17, 15) is 0 Å². The second-order valence-electron chi connectivity index (χ2n) is 3.96. The predicted octanol–water partition coefficient (Wildman–Crippen LogP) is 3.78. The third-order valence-electron chi connectivity index (χ3n) is 2.61. The summed E-state index contributed by atoms with van der Waals surface area (Å²) in [5.74, 6) is 0. The average molecular weight is 341 g/mol. The van der Waals surface area contributed by atoms with Gasteiger partial charge in [0.15, 0.2) is 0 Å². The van der Waals surface area contributed by atoms with Crippen LogP contribution in [0.4, 0.5) is 5.69 Å². The zero-order valence-corrected chi connectivity index (χ0v) is 13.1. The maximum Gasteiger partial charge on any atom is 0.106 e. The number of halogens is 1. The molecule has 0 spiro atoms. The normalized spacial score (nSPS) is 10.3. The van der Waals surface area contributed by atoms with Crippen LogP contribution < -0.4 is 10.6 Å². The van der Waals surface area contributed by atoms with E-state index in [0.29, 0.717) is 4.99 Å². The monoisotopic (exact) mass is 340 g/mol. The van der Waals surface area contributed by atoms with Crippen LogP contribution in [0.2, 0.25) is 0 Å². The molecule has 0 saturated heterocycles. The number of anilines is 1. The minimum Gasteiger partial charge on any atom is -0.389 e. The first-order chi connectivity index (χ1) is 8.58. The van der Waals surface area contributed by atoms with Gasteiger partial charge in [-0.1, -0.05) is 34.2 Å². The van der Waals surface area contributed by atoms with Crippen molar-refractivity contribution in [1.29, 1.82) is 0 Å². The summed E-state index contributed by atoms with van der Waals surface area (Å²) in [6.45, 7) is 0.851. The zero-order chi connectivity index (χ0) is 13.1. The van der Waals surface area contributed by atoms with Crippen LogP contribution in [0, 0.1) is 0 Å². The minimum atomic E-state index is 0.426. The number of thiocarbonyl (C=S) groups is 1. The molecule has 1 aromatic heterocycles. The van der Waals surface area contributed by atoms with Gasteiger partial charge in [-0.25, -0.2) is 0 Å². The molecular formula is C13H13BrN2S2. The molecule has 2 N–H and O–H groups in total. The molecular weight excluding hydrogens is 328 g/mol. The van der Waals surface area contributed by atoms with E-state index in [0.717, 1.165) is 22.3 Å². The van der Waals surface area contributed by atoms with Gasteiger partial charge in [0, 0.05) is 27.6 Å². The lowest BCUT2D eigenvalue weighted by molar-refractivity contribution is 0.938. The number of hydrogen-bond donors (Lipinski definition) is 1. The Morgan fingerprint density at radius 2 is 2.22 bits per heavy atom. The predicted molar refractivity (Wildman–Crippen MR) is 86.5 cm³/mol. The fourth-order valence-corrected chi connectivity index (χ4v) is 3.03. The Labute approximate surface area is 125 Å². The topological polar surface area (TPSA) is 29.3 Å². The lowest BCUT2D eigenvalue weighted by Gasteiger charge is -2.22. The molecule has 0 unspecified atom stereocenters. The second-order valence-corrected chi connectivity index (χ2v) is 6.35. The highest BCUT2D eigenvalue weighted by molar-refractivity contribution is 9.10. The minimum absolute atomic E-state index is 0.426. The SMILES string of the molecule is CN(Cc1cccs1)c1cc(Br)ccc1C(N)=S. The van der Waals surface area contributed by atoms with Crippen LogP contribution in [-0.4, -0.2) is 12.0 Å². The van der Waals surface area contributed by atoms with Crippen LogP contribution in [0.5, 0.6) is 0 Å². The Hall–Kier alpha value is -0.910. The number of hydrogen-bond acceptors (Lipinski definition) is 3. The quantitative estimate of drug-likeness (QED) is 0.858. The summed E-state index contributed by atoms with van der Waals surface area (Å²) in [6.07, 6.45) is 0. The molecule has 1 aromatic carbocycles. The van der Waals surface area contributed by atoms with Crippen LogP contribution in [-0.2, 0) is 6.54 Å². The molecule has 0 atom stereocenters. The first-order valence-corrected chi connectivity index (χ1v) is 7.49.